The summed E-state index contributed by atoms with van der Waals surface area (Å²) in [4.78, 5) is 17.1. The largest absolute Gasteiger partial charge is 0.490 e. The van der Waals surface area contributed by atoms with Gasteiger partial charge in [0.1, 0.15) is 6.33 Å². The number of nitrogens with zero attached hydrogens (tertiary/aromatic N) is 4. The van der Waals surface area contributed by atoms with Gasteiger partial charge in [-0.05, 0) is 31.7 Å². The minimum atomic E-state index is 0.595. The van der Waals surface area contributed by atoms with Crippen molar-refractivity contribution in [1.29, 1.82) is 0 Å². The zero-order chi connectivity index (χ0) is 13.8. The zero-order valence-electron chi connectivity index (χ0n) is 11.3. The van der Waals surface area contributed by atoms with Crippen molar-refractivity contribution in [1.82, 2.24) is 19.9 Å². The topological polar surface area (TPSA) is 72.8 Å². The van der Waals surface area contributed by atoms with E-state index in [1.165, 1.54) is 18.1 Å². The molecule has 6 nitrogen and oxygen atoms in total. The smallest absolute Gasteiger partial charge is 0.194 e. The number of hydrogen-bond donors (Lipinski definition) is 1. The molecule has 2 aromatic rings. The maximum atomic E-state index is 5.34. The fourth-order valence-electron chi connectivity index (χ4n) is 1.62. The SMILES string of the molecule is CNc1ncnc(Sc2nc(C)cc(C)n2)c1OC. The van der Waals surface area contributed by atoms with Crippen molar-refractivity contribution in [3.05, 3.63) is 23.8 Å². The van der Waals surface area contributed by atoms with Crippen LogP contribution < -0.4 is 10.1 Å². The highest BCUT2D eigenvalue weighted by atomic mass is 32.2. The molecule has 0 unspecified atom stereocenters. The second kappa shape index (κ2) is 5.83. The Morgan fingerprint density at radius 3 is 2.42 bits per heavy atom. The van der Waals surface area contributed by atoms with Crippen LogP contribution in [0.1, 0.15) is 11.4 Å². The van der Waals surface area contributed by atoms with E-state index < -0.39 is 0 Å². The van der Waals surface area contributed by atoms with E-state index in [9.17, 15) is 0 Å². The van der Waals surface area contributed by atoms with Crippen LogP contribution in [0.4, 0.5) is 5.82 Å². The Bertz CT molecular complexity index is 570. The fraction of sp³-hybridized carbons (Fsp3) is 0.333. The average molecular weight is 277 g/mol. The fourth-order valence-corrected chi connectivity index (χ4v) is 2.54. The molecule has 2 heterocycles. The van der Waals surface area contributed by atoms with Crippen molar-refractivity contribution in [2.75, 3.05) is 19.5 Å². The highest BCUT2D eigenvalue weighted by Crippen LogP contribution is 2.35. The minimum Gasteiger partial charge on any atom is -0.490 e. The number of ether oxygens (including phenoxy) is 1. The molecule has 0 aliphatic heterocycles. The van der Waals surface area contributed by atoms with Crippen LogP contribution in [0.5, 0.6) is 5.75 Å². The standard InChI is InChI=1S/C12H15N5OS/c1-7-5-8(2)17-12(16-7)19-11-9(18-4)10(13-3)14-6-15-11/h5-6H,1-4H3,(H,13,14,15). The van der Waals surface area contributed by atoms with Gasteiger partial charge in [-0.25, -0.2) is 19.9 Å². The summed E-state index contributed by atoms with van der Waals surface area (Å²) in [5.74, 6) is 1.24. The summed E-state index contributed by atoms with van der Waals surface area (Å²) in [7, 11) is 3.37. The summed E-state index contributed by atoms with van der Waals surface area (Å²) >= 11 is 1.36. The molecule has 0 aromatic carbocycles. The van der Waals surface area contributed by atoms with Crippen LogP contribution in [0.15, 0.2) is 22.6 Å². The van der Waals surface area contributed by atoms with E-state index in [0.717, 1.165) is 11.4 Å². The minimum absolute atomic E-state index is 0.595. The van der Waals surface area contributed by atoms with E-state index in [0.29, 0.717) is 21.7 Å². The van der Waals surface area contributed by atoms with Gasteiger partial charge in [0.05, 0.1) is 7.11 Å². The summed E-state index contributed by atoms with van der Waals surface area (Å²) in [5.41, 5.74) is 1.86. The first-order chi connectivity index (χ1) is 9.13. The van der Waals surface area contributed by atoms with Gasteiger partial charge in [0.25, 0.3) is 0 Å². The number of aryl methyl sites for hydroxylation is 2. The highest BCUT2D eigenvalue weighted by Gasteiger charge is 2.14. The number of methoxy groups -OCH3 is 1. The van der Waals surface area contributed by atoms with Gasteiger partial charge in [-0.1, -0.05) is 0 Å². The predicted molar refractivity (Wildman–Crippen MR) is 73.8 cm³/mol. The van der Waals surface area contributed by atoms with E-state index in [1.807, 2.05) is 19.9 Å². The Hall–Kier alpha value is -1.89. The molecule has 0 bridgehead atoms. The third-order valence-electron chi connectivity index (χ3n) is 2.36. The Labute approximate surface area is 116 Å². The highest BCUT2D eigenvalue weighted by molar-refractivity contribution is 7.99. The molecule has 0 saturated carbocycles. The zero-order valence-corrected chi connectivity index (χ0v) is 12.1. The van der Waals surface area contributed by atoms with E-state index in [2.05, 4.69) is 25.3 Å². The van der Waals surface area contributed by atoms with Crippen LogP contribution in [-0.2, 0) is 0 Å². The maximum Gasteiger partial charge on any atom is 0.194 e. The molecule has 0 spiro atoms. The molecule has 0 atom stereocenters. The van der Waals surface area contributed by atoms with Gasteiger partial charge in [0.2, 0.25) is 0 Å². The molecule has 19 heavy (non-hydrogen) atoms. The Morgan fingerprint density at radius 1 is 1.16 bits per heavy atom. The number of nitrogens with one attached hydrogen (secondary N) is 1. The number of aromatic nitrogens is 4. The van der Waals surface area contributed by atoms with E-state index in [1.54, 1.807) is 14.2 Å². The van der Waals surface area contributed by atoms with Gasteiger partial charge in [-0.2, -0.15) is 0 Å². The third kappa shape index (κ3) is 3.11. The van der Waals surface area contributed by atoms with E-state index >= 15 is 0 Å². The quantitative estimate of drug-likeness (QED) is 0.677. The molecule has 0 aliphatic rings. The molecule has 1 N–H and O–H groups in total. The molecule has 0 fully saturated rings. The van der Waals surface area contributed by atoms with Gasteiger partial charge >= 0.3 is 0 Å². The number of anilines is 1. The maximum absolute atomic E-state index is 5.34. The van der Waals surface area contributed by atoms with Gasteiger partial charge in [0, 0.05) is 18.4 Å². The van der Waals surface area contributed by atoms with Gasteiger partial charge < -0.3 is 10.1 Å². The average Bonchev–Trinajstić information content (AvgIpc) is 2.37. The molecule has 0 radical (unpaired) electrons. The Balaban J connectivity index is 2.37. The van der Waals surface area contributed by atoms with Gasteiger partial charge in [-0.3, -0.25) is 0 Å². The van der Waals surface area contributed by atoms with Crippen molar-refractivity contribution in [3.63, 3.8) is 0 Å². The van der Waals surface area contributed by atoms with Crippen molar-refractivity contribution in [2.24, 2.45) is 0 Å². The van der Waals surface area contributed by atoms with Crippen LogP contribution in [0.2, 0.25) is 0 Å². The molecule has 0 amide bonds. The first-order valence-corrected chi connectivity index (χ1v) is 6.52. The first-order valence-electron chi connectivity index (χ1n) is 5.71. The van der Waals surface area contributed by atoms with Gasteiger partial charge in [0.15, 0.2) is 21.7 Å². The van der Waals surface area contributed by atoms with Crippen molar-refractivity contribution >= 4 is 17.6 Å². The van der Waals surface area contributed by atoms with Crippen molar-refractivity contribution in [2.45, 2.75) is 24.0 Å². The van der Waals surface area contributed by atoms with Crippen LogP contribution in [0, 0.1) is 13.8 Å². The predicted octanol–water partition coefficient (Wildman–Crippen LogP) is 2.08. The summed E-state index contributed by atoms with van der Waals surface area (Å²) < 4.78 is 5.34. The number of hydrogen-bond acceptors (Lipinski definition) is 7. The van der Waals surface area contributed by atoms with Crippen LogP contribution >= 0.6 is 11.8 Å². The molecule has 0 saturated heterocycles. The Morgan fingerprint density at radius 2 is 1.84 bits per heavy atom. The summed E-state index contributed by atoms with van der Waals surface area (Å²) in [5, 5.41) is 4.30. The third-order valence-corrected chi connectivity index (χ3v) is 3.21. The number of rotatable bonds is 4. The normalized spacial score (nSPS) is 10.3. The Kier molecular flexibility index (Phi) is 4.16. The molecule has 7 heteroatoms. The van der Waals surface area contributed by atoms with Gasteiger partial charge in [-0.15, -0.1) is 0 Å². The molecule has 2 aromatic heterocycles. The molecule has 2 rings (SSSR count). The van der Waals surface area contributed by atoms with E-state index in [-0.39, 0.29) is 0 Å². The summed E-state index contributed by atoms with van der Waals surface area (Å²) in [6.07, 6.45) is 1.49. The second-order valence-electron chi connectivity index (χ2n) is 3.85. The van der Waals surface area contributed by atoms with Crippen molar-refractivity contribution < 1.29 is 4.74 Å². The lowest BCUT2D eigenvalue weighted by Gasteiger charge is -2.10. The summed E-state index contributed by atoms with van der Waals surface area (Å²) in [6.45, 7) is 3.88. The molecule has 0 aliphatic carbocycles. The molecular weight excluding hydrogens is 262 g/mol. The van der Waals surface area contributed by atoms with Crippen LogP contribution in [-0.4, -0.2) is 34.1 Å². The lowest BCUT2D eigenvalue weighted by Crippen LogP contribution is -2.00. The van der Waals surface area contributed by atoms with Crippen LogP contribution in [0.25, 0.3) is 0 Å². The molecular formula is C12H15N5OS. The monoisotopic (exact) mass is 277 g/mol. The molecule has 100 valence electrons. The summed E-state index contributed by atoms with van der Waals surface area (Å²) in [6, 6.07) is 1.93. The van der Waals surface area contributed by atoms with E-state index in [4.69, 9.17) is 4.74 Å². The second-order valence-corrected chi connectivity index (χ2v) is 4.80. The lowest BCUT2D eigenvalue weighted by atomic mass is 10.4. The lowest BCUT2D eigenvalue weighted by molar-refractivity contribution is 0.400. The first kappa shape index (κ1) is 13.5. The van der Waals surface area contributed by atoms with Crippen molar-refractivity contribution in [3.8, 4) is 5.75 Å². The van der Waals surface area contributed by atoms with Crippen LogP contribution in [0.3, 0.4) is 0 Å².